The van der Waals surface area contributed by atoms with Gasteiger partial charge in [-0.05, 0) is 45.2 Å². The highest BCUT2D eigenvalue weighted by atomic mass is 127. The Morgan fingerprint density at radius 1 is 1.07 bits per heavy atom. The minimum absolute atomic E-state index is 0. The molecule has 148 valence electrons. The third-order valence-corrected chi connectivity index (χ3v) is 4.22. The summed E-state index contributed by atoms with van der Waals surface area (Å²) in [5, 5.41) is 6.65. The van der Waals surface area contributed by atoms with E-state index in [0.29, 0.717) is 6.54 Å². The first-order valence-corrected chi connectivity index (χ1v) is 9.34. The van der Waals surface area contributed by atoms with Crippen LogP contribution in [0.4, 0.5) is 0 Å². The summed E-state index contributed by atoms with van der Waals surface area (Å²) < 4.78 is 1.83. The summed E-state index contributed by atoms with van der Waals surface area (Å²) in [5.41, 5.74) is 3.55. The average Bonchev–Trinajstić information content (AvgIpc) is 2.61. The third-order valence-electron chi connectivity index (χ3n) is 4.22. The van der Waals surface area contributed by atoms with Crippen molar-refractivity contribution < 1.29 is 0 Å². The van der Waals surface area contributed by atoms with Crippen molar-refractivity contribution >= 4 is 29.9 Å². The first kappa shape index (κ1) is 23.2. The second-order valence-corrected chi connectivity index (χ2v) is 6.48. The predicted molar refractivity (Wildman–Crippen MR) is 124 cm³/mol. The van der Waals surface area contributed by atoms with Crippen LogP contribution in [0.2, 0.25) is 0 Å². The molecule has 0 aliphatic heterocycles. The molecule has 2 rings (SSSR count). The van der Waals surface area contributed by atoms with E-state index < -0.39 is 0 Å². The fourth-order valence-electron chi connectivity index (χ4n) is 2.83. The molecule has 1 aromatic carbocycles. The number of hydrogen-bond acceptors (Lipinski definition) is 2. The number of aromatic nitrogens is 1. The van der Waals surface area contributed by atoms with Crippen LogP contribution < -0.4 is 16.2 Å². The highest BCUT2D eigenvalue weighted by Gasteiger charge is 2.00. The van der Waals surface area contributed by atoms with Gasteiger partial charge in [0.2, 0.25) is 0 Å². The highest BCUT2D eigenvalue weighted by Crippen LogP contribution is 2.05. The Balaban J connectivity index is 0.00000364. The van der Waals surface area contributed by atoms with Gasteiger partial charge in [-0.15, -0.1) is 24.0 Å². The van der Waals surface area contributed by atoms with Crippen LogP contribution in [0.25, 0.3) is 0 Å². The molecule has 6 heteroatoms. The maximum atomic E-state index is 11.9. The Labute approximate surface area is 179 Å². The molecule has 0 atom stereocenters. The molecule has 0 aliphatic carbocycles. The maximum absolute atomic E-state index is 11.9. The standard InChI is InChI=1S/C21H30N4O.HI/c1-4-22-21(24-16-19-11-7-9-17(2)15-19)23-13-5-6-14-25-18(3)10-8-12-20(25)26;/h7-12,15H,4-6,13-14,16H2,1-3H3,(H2,22,23,24);1H. The molecule has 0 unspecified atom stereocenters. The number of halogens is 1. The summed E-state index contributed by atoms with van der Waals surface area (Å²) in [6.07, 6.45) is 1.94. The number of hydrogen-bond donors (Lipinski definition) is 2. The van der Waals surface area contributed by atoms with E-state index in [4.69, 9.17) is 0 Å². The minimum Gasteiger partial charge on any atom is -0.357 e. The maximum Gasteiger partial charge on any atom is 0.250 e. The monoisotopic (exact) mass is 482 g/mol. The number of aliphatic imine (C=N–C) groups is 1. The minimum atomic E-state index is 0. The van der Waals surface area contributed by atoms with Gasteiger partial charge in [0.15, 0.2) is 5.96 Å². The predicted octanol–water partition coefficient (Wildman–Crippen LogP) is 3.62. The molecule has 0 fully saturated rings. The van der Waals surface area contributed by atoms with Gasteiger partial charge in [-0.1, -0.05) is 35.9 Å². The number of unbranched alkanes of at least 4 members (excludes halogenated alkanes) is 1. The fourth-order valence-corrected chi connectivity index (χ4v) is 2.83. The first-order chi connectivity index (χ1) is 12.6. The smallest absolute Gasteiger partial charge is 0.250 e. The van der Waals surface area contributed by atoms with Crippen molar-refractivity contribution in [3.05, 3.63) is 69.6 Å². The molecular formula is C21H31IN4O. The lowest BCUT2D eigenvalue weighted by atomic mass is 10.1. The molecule has 27 heavy (non-hydrogen) atoms. The number of pyridine rings is 1. The molecule has 0 spiro atoms. The van der Waals surface area contributed by atoms with Gasteiger partial charge in [0.25, 0.3) is 5.56 Å². The Morgan fingerprint density at radius 2 is 1.85 bits per heavy atom. The third kappa shape index (κ3) is 8.15. The Hall–Kier alpha value is -1.83. The number of guanidine groups is 1. The molecule has 2 aromatic rings. The van der Waals surface area contributed by atoms with Crippen LogP contribution in [0.15, 0.2) is 52.3 Å². The summed E-state index contributed by atoms with van der Waals surface area (Å²) >= 11 is 0. The van der Waals surface area contributed by atoms with Crippen molar-refractivity contribution in [2.75, 3.05) is 13.1 Å². The zero-order chi connectivity index (χ0) is 18.8. The molecule has 0 bridgehead atoms. The Kier molecular flexibility index (Phi) is 10.8. The molecule has 0 saturated heterocycles. The lowest BCUT2D eigenvalue weighted by Gasteiger charge is -2.12. The van der Waals surface area contributed by atoms with Gasteiger partial charge in [0.05, 0.1) is 6.54 Å². The van der Waals surface area contributed by atoms with Crippen LogP contribution >= 0.6 is 24.0 Å². The number of nitrogens with zero attached hydrogens (tertiary/aromatic N) is 2. The molecule has 0 radical (unpaired) electrons. The molecule has 1 aromatic heterocycles. The number of benzene rings is 1. The van der Waals surface area contributed by atoms with E-state index in [9.17, 15) is 4.79 Å². The highest BCUT2D eigenvalue weighted by molar-refractivity contribution is 14.0. The summed E-state index contributed by atoms with van der Waals surface area (Å²) in [6, 6.07) is 13.8. The summed E-state index contributed by atoms with van der Waals surface area (Å²) in [6.45, 7) is 9.21. The molecule has 0 amide bonds. The summed E-state index contributed by atoms with van der Waals surface area (Å²) in [4.78, 5) is 16.5. The van der Waals surface area contributed by atoms with Gasteiger partial charge in [-0.2, -0.15) is 0 Å². The van der Waals surface area contributed by atoms with Gasteiger partial charge < -0.3 is 15.2 Å². The van der Waals surface area contributed by atoms with Crippen molar-refractivity contribution in [1.82, 2.24) is 15.2 Å². The normalized spacial score (nSPS) is 11.0. The molecule has 5 nitrogen and oxygen atoms in total. The van der Waals surface area contributed by atoms with E-state index in [2.05, 4.69) is 53.7 Å². The average molecular weight is 482 g/mol. The van der Waals surface area contributed by atoms with Crippen LogP contribution in [-0.4, -0.2) is 23.6 Å². The van der Waals surface area contributed by atoms with Crippen LogP contribution in [0.3, 0.4) is 0 Å². The topological polar surface area (TPSA) is 58.4 Å². The largest absolute Gasteiger partial charge is 0.357 e. The van der Waals surface area contributed by atoms with Crippen molar-refractivity contribution in [2.45, 2.75) is 46.7 Å². The molecular weight excluding hydrogens is 451 g/mol. The van der Waals surface area contributed by atoms with Crippen molar-refractivity contribution in [3.63, 3.8) is 0 Å². The van der Waals surface area contributed by atoms with Gasteiger partial charge in [0, 0.05) is 31.4 Å². The van der Waals surface area contributed by atoms with Crippen molar-refractivity contribution in [3.8, 4) is 0 Å². The van der Waals surface area contributed by atoms with E-state index >= 15 is 0 Å². The van der Waals surface area contributed by atoms with Gasteiger partial charge >= 0.3 is 0 Å². The van der Waals surface area contributed by atoms with E-state index in [1.807, 2.05) is 23.6 Å². The quantitative estimate of drug-likeness (QED) is 0.262. The Morgan fingerprint density at radius 3 is 2.56 bits per heavy atom. The lowest BCUT2D eigenvalue weighted by Crippen LogP contribution is -2.37. The van der Waals surface area contributed by atoms with E-state index in [0.717, 1.165) is 44.1 Å². The van der Waals surface area contributed by atoms with Crippen LogP contribution in [-0.2, 0) is 13.1 Å². The van der Waals surface area contributed by atoms with E-state index in [-0.39, 0.29) is 29.5 Å². The van der Waals surface area contributed by atoms with Crippen LogP contribution in [0.1, 0.15) is 36.6 Å². The van der Waals surface area contributed by atoms with Crippen molar-refractivity contribution in [1.29, 1.82) is 0 Å². The molecule has 1 heterocycles. The SMILES string of the molecule is CCNC(=NCc1cccc(C)c1)NCCCCn1c(C)cccc1=O.I. The Bertz CT molecular complexity index is 786. The summed E-state index contributed by atoms with van der Waals surface area (Å²) in [7, 11) is 0. The zero-order valence-electron chi connectivity index (χ0n) is 16.5. The van der Waals surface area contributed by atoms with Crippen LogP contribution in [0.5, 0.6) is 0 Å². The van der Waals surface area contributed by atoms with Crippen molar-refractivity contribution in [2.24, 2.45) is 4.99 Å². The second kappa shape index (κ2) is 12.5. The number of nitrogens with one attached hydrogen (secondary N) is 2. The number of aryl methyl sites for hydroxylation is 2. The van der Waals surface area contributed by atoms with E-state index in [1.165, 1.54) is 11.1 Å². The van der Waals surface area contributed by atoms with E-state index in [1.54, 1.807) is 6.07 Å². The first-order valence-electron chi connectivity index (χ1n) is 9.34. The van der Waals surface area contributed by atoms with Gasteiger partial charge in [0.1, 0.15) is 0 Å². The molecule has 0 saturated carbocycles. The second-order valence-electron chi connectivity index (χ2n) is 6.48. The lowest BCUT2D eigenvalue weighted by molar-refractivity contribution is 0.575. The van der Waals surface area contributed by atoms with Crippen LogP contribution in [0, 0.1) is 13.8 Å². The fraction of sp³-hybridized carbons (Fsp3) is 0.429. The summed E-state index contributed by atoms with van der Waals surface area (Å²) in [5.74, 6) is 0.835. The van der Waals surface area contributed by atoms with Gasteiger partial charge in [-0.3, -0.25) is 4.79 Å². The molecule has 0 aliphatic rings. The zero-order valence-corrected chi connectivity index (χ0v) is 18.8. The molecule has 2 N–H and O–H groups in total. The number of rotatable bonds is 8. The van der Waals surface area contributed by atoms with Gasteiger partial charge in [-0.25, -0.2) is 4.99 Å².